The summed E-state index contributed by atoms with van der Waals surface area (Å²) in [7, 11) is -7.70. The molecule has 300 valence electrons. The van der Waals surface area contributed by atoms with E-state index in [1.165, 1.54) is 42.7 Å². The smallest absolute Gasteiger partial charge is 0.244 e. The molecule has 58 heavy (non-hydrogen) atoms. The van der Waals surface area contributed by atoms with Gasteiger partial charge in [-0.3, -0.25) is 18.9 Å². The van der Waals surface area contributed by atoms with Crippen molar-refractivity contribution in [2.24, 2.45) is 5.73 Å². The van der Waals surface area contributed by atoms with Crippen LogP contribution in [0, 0.1) is 0 Å². The molecule has 6 aromatic rings. The number of benzene rings is 5. The van der Waals surface area contributed by atoms with Crippen LogP contribution in [0.1, 0.15) is 28.2 Å². The standard InChI is InChI=1S/C43H43N4O8PS2/c1-55-33-21-23-34(24-22-33)58(53,54)47-39(25-29-13-5-2-6-14-29)56(51,52)27-38(48)46-41(40(30-15-7-3-8-16-30)31-17-9-4-10-18-31)43(50)45-36(42(44)49)26-32-28-57-37-20-12-11-19-35(32)37/h2-24,28,36,39-41,47H,25-27H2,1H3,(H2,44,49)(H,45,50)(H,46,48)(H,51,52)/t36-,39?,41-/m0/s1. The van der Waals surface area contributed by atoms with Gasteiger partial charge in [0.2, 0.25) is 35.1 Å². The molecule has 1 aromatic heterocycles. The van der Waals surface area contributed by atoms with Crippen LogP contribution in [-0.2, 0) is 41.8 Å². The monoisotopic (exact) mass is 838 g/mol. The molecule has 15 heteroatoms. The van der Waals surface area contributed by atoms with Crippen molar-refractivity contribution < 1.29 is 37.0 Å². The average Bonchev–Trinajstić information content (AvgIpc) is 3.63. The van der Waals surface area contributed by atoms with E-state index in [-0.39, 0.29) is 17.7 Å². The van der Waals surface area contributed by atoms with Gasteiger partial charge in [-0.15, -0.1) is 11.3 Å². The number of carbonyl (C=O) groups excluding carboxylic acids is 3. The van der Waals surface area contributed by atoms with Gasteiger partial charge in [0.15, 0.2) is 0 Å². The van der Waals surface area contributed by atoms with Gasteiger partial charge in [-0.25, -0.2) is 8.42 Å². The molecule has 5 aromatic carbocycles. The number of carbonyl (C=O) groups is 3. The Labute approximate surface area is 341 Å². The highest BCUT2D eigenvalue weighted by molar-refractivity contribution is 7.90. The summed E-state index contributed by atoms with van der Waals surface area (Å²) in [5.74, 6) is -4.62. The largest absolute Gasteiger partial charge is 0.497 e. The number of hydrogen-bond acceptors (Lipinski definition) is 8. The van der Waals surface area contributed by atoms with E-state index < -0.39 is 65.1 Å². The summed E-state index contributed by atoms with van der Waals surface area (Å²) >= 11 is 1.49. The van der Waals surface area contributed by atoms with Gasteiger partial charge in [-0.1, -0.05) is 109 Å². The molecule has 0 aliphatic heterocycles. The Bertz CT molecular complexity index is 2460. The number of amides is 3. The first-order valence-corrected chi connectivity index (χ1v) is 22.6. The molecule has 0 aliphatic carbocycles. The predicted molar refractivity (Wildman–Crippen MR) is 225 cm³/mol. The highest BCUT2D eigenvalue weighted by atomic mass is 32.2. The second-order valence-corrected chi connectivity index (χ2v) is 18.8. The van der Waals surface area contributed by atoms with Crippen LogP contribution in [0.2, 0.25) is 0 Å². The fourth-order valence-corrected chi connectivity index (χ4v) is 11.1. The van der Waals surface area contributed by atoms with Crippen molar-refractivity contribution in [3.63, 3.8) is 0 Å². The van der Waals surface area contributed by atoms with Gasteiger partial charge in [0.25, 0.3) is 0 Å². The van der Waals surface area contributed by atoms with Crippen molar-refractivity contribution in [2.45, 2.75) is 41.5 Å². The van der Waals surface area contributed by atoms with Gasteiger partial charge < -0.3 is 26.0 Å². The third-order valence-corrected chi connectivity index (χ3v) is 14.4. The van der Waals surface area contributed by atoms with Crippen LogP contribution in [0.5, 0.6) is 5.75 Å². The summed E-state index contributed by atoms with van der Waals surface area (Å²) in [6, 6.07) is 36.9. The van der Waals surface area contributed by atoms with Crippen LogP contribution in [0.3, 0.4) is 0 Å². The summed E-state index contributed by atoms with van der Waals surface area (Å²) < 4.78 is 50.1. The number of primary amides is 1. The maximum atomic E-state index is 14.5. The predicted octanol–water partition coefficient (Wildman–Crippen LogP) is 5.56. The van der Waals surface area contributed by atoms with Crippen LogP contribution in [-0.4, -0.2) is 62.2 Å². The van der Waals surface area contributed by atoms with E-state index in [0.717, 1.165) is 15.6 Å². The molecular formula is C43H43N4O8PS2. The van der Waals surface area contributed by atoms with Crippen molar-refractivity contribution in [2.75, 3.05) is 13.3 Å². The van der Waals surface area contributed by atoms with E-state index in [4.69, 9.17) is 10.5 Å². The Balaban J connectivity index is 1.32. The van der Waals surface area contributed by atoms with Crippen molar-refractivity contribution in [1.29, 1.82) is 0 Å². The van der Waals surface area contributed by atoms with Crippen LogP contribution >= 0.6 is 18.7 Å². The zero-order valence-corrected chi connectivity index (χ0v) is 34.0. The number of methoxy groups -OCH3 is 1. The number of hydrogen-bond donors (Lipinski definition) is 5. The number of nitrogens with one attached hydrogen (secondary N) is 3. The SMILES string of the molecule is COc1ccc(S(=O)(=O)NC(Cc2ccccc2)P(=O)(O)CC(=O)N[C@H](C(=O)N[C@@H](Cc2csc3ccccc23)C(N)=O)C(c2ccccc2)c2ccccc2)cc1. The summed E-state index contributed by atoms with van der Waals surface area (Å²) in [4.78, 5) is 53.0. The van der Waals surface area contributed by atoms with Crippen LogP contribution in [0.4, 0.5) is 0 Å². The second kappa shape index (κ2) is 18.8. The normalized spacial score (nSPS) is 14.2. The third-order valence-electron chi connectivity index (χ3n) is 9.68. The van der Waals surface area contributed by atoms with E-state index >= 15 is 0 Å². The van der Waals surface area contributed by atoms with E-state index in [9.17, 15) is 32.3 Å². The highest BCUT2D eigenvalue weighted by Crippen LogP contribution is 2.47. The maximum Gasteiger partial charge on any atom is 0.244 e. The van der Waals surface area contributed by atoms with Crippen LogP contribution in [0.25, 0.3) is 10.1 Å². The summed E-state index contributed by atoms with van der Waals surface area (Å²) in [5, 5.41) is 8.28. The van der Waals surface area contributed by atoms with Crippen LogP contribution in [0.15, 0.2) is 150 Å². The molecule has 0 saturated carbocycles. The highest BCUT2D eigenvalue weighted by Gasteiger charge is 2.40. The number of thiophene rings is 1. The quantitative estimate of drug-likeness (QED) is 0.0695. The zero-order chi connectivity index (χ0) is 41.3. The third kappa shape index (κ3) is 10.5. The molecule has 1 heterocycles. The molecule has 0 saturated heterocycles. The van der Waals surface area contributed by atoms with E-state index in [0.29, 0.717) is 22.4 Å². The van der Waals surface area contributed by atoms with E-state index in [2.05, 4.69) is 15.4 Å². The first-order valence-electron chi connectivity index (χ1n) is 18.3. The fraction of sp³-hybridized carbons (Fsp3) is 0.186. The summed E-state index contributed by atoms with van der Waals surface area (Å²) in [5.41, 5.74) is 8.47. The minimum Gasteiger partial charge on any atom is -0.497 e. The summed E-state index contributed by atoms with van der Waals surface area (Å²) in [6.45, 7) is 0. The lowest BCUT2D eigenvalue weighted by Crippen LogP contribution is -2.56. The molecule has 3 amide bonds. The number of nitrogens with two attached hydrogens (primary N) is 1. The second-order valence-electron chi connectivity index (χ2n) is 13.7. The molecule has 12 nitrogen and oxygen atoms in total. The Morgan fingerprint density at radius 3 is 1.93 bits per heavy atom. The Morgan fingerprint density at radius 2 is 1.34 bits per heavy atom. The maximum absolute atomic E-state index is 14.5. The van der Waals surface area contributed by atoms with Gasteiger partial charge >= 0.3 is 0 Å². The molecule has 6 rings (SSSR count). The van der Waals surface area contributed by atoms with Gasteiger partial charge in [0.1, 0.15) is 29.8 Å². The van der Waals surface area contributed by atoms with Gasteiger partial charge in [0, 0.05) is 17.0 Å². The topological polar surface area (TPSA) is 194 Å². The lowest BCUT2D eigenvalue weighted by molar-refractivity contribution is -0.131. The Kier molecular flexibility index (Phi) is 13.6. The number of sulfonamides is 1. The number of ether oxygens (including phenoxy) is 1. The molecular weight excluding hydrogens is 796 g/mol. The number of fused-ring (bicyclic) bond motifs is 1. The van der Waals surface area contributed by atoms with E-state index in [1.807, 2.05) is 29.6 Å². The molecule has 0 radical (unpaired) electrons. The van der Waals surface area contributed by atoms with Crippen molar-refractivity contribution in [3.05, 3.63) is 167 Å². The minimum atomic E-state index is -4.75. The zero-order valence-electron chi connectivity index (χ0n) is 31.4. The van der Waals surface area contributed by atoms with E-state index in [1.54, 1.807) is 91.0 Å². The Morgan fingerprint density at radius 1 is 0.776 bits per heavy atom. The molecule has 4 atom stereocenters. The average molecular weight is 839 g/mol. The van der Waals surface area contributed by atoms with Gasteiger partial charge in [-0.2, -0.15) is 4.72 Å². The number of rotatable bonds is 18. The minimum absolute atomic E-state index is 0.0778. The molecule has 2 unspecified atom stereocenters. The van der Waals surface area contributed by atoms with Crippen molar-refractivity contribution in [3.8, 4) is 5.75 Å². The molecule has 0 bridgehead atoms. The van der Waals surface area contributed by atoms with Crippen molar-refractivity contribution in [1.82, 2.24) is 15.4 Å². The van der Waals surface area contributed by atoms with Crippen molar-refractivity contribution >= 4 is 56.5 Å². The first kappa shape index (κ1) is 42.0. The first-order chi connectivity index (χ1) is 27.8. The molecule has 0 spiro atoms. The molecule has 0 aliphatic rings. The van der Waals surface area contributed by atoms with Crippen LogP contribution < -0.4 is 25.8 Å². The Hall–Kier alpha value is -5.63. The van der Waals surface area contributed by atoms with Gasteiger partial charge in [0.05, 0.1) is 12.0 Å². The van der Waals surface area contributed by atoms with Gasteiger partial charge in [-0.05, 0) is 69.8 Å². The fourth-order valence-electron chi connectivity index (χ4n) is 6.73. The lowest BCUT2D eigenvalue weighted by atomic mass is 9.84. The lowest BCUT2D eigenvalue weighted by Gasteiger charge is -2.30. The molecule has 0 fully saturated rings. The molecule has 6 N–H and O–H groups in total. The summed E-state index contributed by atoms with van der Waals surface area (Å²) in [6.07, 6.45) is -1.19.